The van der Waals surface area contributed by atoms with E-state index in [1.807, 2.05) is 31.6 Å². The van der Waals surface area contributed by atoms with Crippen LogP contribution >= 0.6 is 23.1 Å². The fourth-order valence-electron chi connectivity index (χ4n) is 5.99. The molecule has 0 saturated carbocycles. The molecule has 14 heteroatoms. The number of hydrogen-bond acceptors (Lipinski definition) is 11. The zero-order valence-electron chi connectivity index (χ0n) is 24.7. The summed E-state index contributed by atoms with van der Waals surface area (Å²) < 4.78 is 27.6. The fraction of sp³-hybridized carbons (Fsp3) is 0.300. The van der Waals surface area contributed by atoms with Crippen LogP contribution in [0.25, 0.3) is 22.2 Å². The first-order valence-corrected chi connectivity index (χ1v) is 17.5. The van der Waals surface area contributed by atoms with Crippen LogP contribution < -0.4 is 25.6 Å². The molecule has 0 amide bonds. The number of fused-ring (bicyclic) bond motifs is 3. The van der Waals surface area contributed by atoms with Crippen molar-refractivity contribution in [1.29, 1.82) is 0 Å². The maximum atomic E-state index is 13.4. The predicted octanol–water partition coefficient (Wildman–Crippen LogP) is 5.30. The van der Waals surface area contributed by atoms with E-state index >= 15 is 0 Å². The minimum absolute atomic E-state index is 0.247. The van der Waals surface area contributed by atoms with Crippen LogP contribution in [0.1, 0.15) is 6.42 Å². The number of aromatic nitrogens is 6. The van der Waals surface area contributed by atoms with Crippen LogP contribution in [0.3, 0.4) is 0 Å². The van der Waals surface area contributed by atoms with Gasteiger partial charge in [0.25, 0.3) is 0 Å². The second kappa shape index (κ2) is 11.1. The van der Waals surface area contributed by atoms with E-state index in [4.69, 9.17) is 14.5 Å². The van der Waals surface area contributed by atoms with Gasteiger partial charge >= 0.3 is 0 Å². The Hall–Kier alpha value is -4.06. The Morgan fingerprint density at radius 1 is 1.09 bits per heavy atom. The van der Waals surface area contributed by atoms with Crippen molar-refractivity contribution in [3.8, 4) is 16.9 Å². The van der Waals surface area contributed by atoms with Gasteiger partial charge in [-0.05, 0) is 53.9 Å². The molecule has 2 saturated heterocycles. The van der Waals surface area contributed by atoms with Crippen LogP contribution in [-0.2, 0) is 16.3 Å². The quantitative estimate of drug-likeness (QED) is 0.208. The summed E-state index contributed by atoms with van der Waals surface area (Å²) in [5.74, 6) is 1.51. The molecule has 0 unspecified atom stereocenters. The summed E-state index contributed by atoms with van der Waals surface area (Å²) in [5, 5.41) is 11.8. The zero-order chi connectivity index (χ0) is 30.6. The molecule has 5 aromatic rings. The number of anilines is 5. The molecule has 0 spiro atoms. The third kappa shape index (κ3) is 5.29. The second-order valence-electron chi connectivity index (χ2n) is 11.3. The van der Waals surface area contributed by atoms with E-state index in [-0.39, 0.29) is 6.10 Å². The van der Waals surface area contributed by atoms with Gasteiger partial charge in [0.1, 0.15) is 24.2 Å². The number of nitrogens with zero attached hydrogens (tertiary/aromatic N) is 7. The molecule has 0 aliphatic carbocycles. The molecule has 0 radical (unpaired) electrons. The molecule has 226 valence electrons. The van der Waals surface area contributed by atoms with Crippen LogP contribution in [0.15, 0.2) is 59.7 Å². The minimum Gasteiger partial charge on any atom is -0.494 e. The maximum Gasteiger partial charge on any atom is 0.229 e. The van der Waals surface area contributed by atoms with Gasteiger partial charge < -0.3 is 29.6 Å². The maximum absolute atomic E-state index is 13.4. The molecule has 5 heterocycles. The van der Waals surface area contributed by atoms with Crippen molar-refractivity contribution in [3.63, 3.8) is 0 Å². The van der Waals surface area contributed by atoms with Crippen LogP contribution in [0, 0.1) is 0 Å². The van der Waals surface area contributed by atoms with Gasteiger partial charge in [0.2, 0.25) is 5.95 Å². The van der Waals surface area contributed by atoms with Crippen molar-refractivity contribution in [2.45, 2.75) is 18.6 Å². The molecular weight excluding hydrogens is 645 g/mol. The van der Waals surface area contributed by atoms with E-state index in [0.29, 0.717) is 55.7 Å². The Morgan fingerprint density at radius 3 is 2.64 bits per heavy atom. The first-order valence-electron chi connectivity index (χ1n) is 14.1. The predicted molar refractivity (Wildman–Crippen MR) is 176 cm³/mol. The molecule has 7 rings (SSSR count). The number of aryl methyl sites for hydroxylation is 1. The smallest absolute Gasteiger partial charge is 0.229 e. The summed E-state index contributed by atoms with van der Waals surface area (Å²) in [6.07, 6.45) is 10.0. The molecular formula is C30H31BrN9O3P. The van der Waals surface area contributed by atoms with E-state index in [0.717, 1.165) is 36.4 Å². The van der Waals surface area contributed by atoms with Crippen LogP contribution in [0.4, 0.5) is 28.8 Å². The number of ether oxygens (including phenoxy) is 2. The SMILES string of the molecule is COc1cc(N2C[C@@H]3C[C@H]2CO3)c(-c2cnn(C)c2)cc1Nc1ncc(Br)c(Nc2ccc3nccnc3c2P(C)(C)=O)n1. The Morgan fingerprint density at radius 2 is 1.93 bits per heavy atom. The van der Waals surface area contributed by atoms with Crippen molar-refractivity contribution in [3.05, 3.63) is 59.7 Å². The molecule has 44 heavy (non-hydrogen) atoms. The first-order chi connectivity index (χ1) is 21.2. The standard InChI is InChI=1S/C30H31BrN9O3P/c1-39-14-17(12-35-39)20-10-24(26(42-2)11-25(20)40-15-19-9-18(40)16-43-19)37-30-34-13-21(31)29(38-30)36-23-6-5-22-27(33-8-7-32-22)28(23)44(3,4)41/h5-8,10-14,18-19H,9,15-16H2,1-4H3,(H2,34,36,37,38)/t18-,19-/m0/s1. The Kier molecular flexibility index (Phi) is 7.26. The molecule has 2 aliphatic rings. The topological polar surface area (TPSA) is 132 Å². The lowest BCUT2D eigenvalue weighted by atomic mass is 10.0. The number of hydrogen-bond donors (Lipinski definition) is 2. The van der Waals surface area contributed by atoms with Gasteiger partial charge in [-0.2, -0.15) is 10.1 Å². The number of rotatable bonds is 8. The number of benzene rings is 2. The van der Waals surface area contributed by atoms with Gasteiger partial charge in [-0.1, -0.05) is 0 Å². The summed E-state index contributed by atoms with van der Waals surface area (Å²) in [7, 11) is 0.805. The van der Waals surface area contributed by atoms with E-state index in [9.17, 15) is 4.57 Å². The second-order valence-corrected chi connectivity index (χ2v) is 15.3. The Balaban J connectivity index is 1.26. The highest BCUT2D eigenvalue weighted by Gasteiger charge is 2.40. The van der Waals surface area contributed by atoms with Gasteiger partial charge in [-0.3, -0.25) is 14.6 Å². The lowest BCUT2D eigenvalue weighted by Gasteiger charge is -2.31. The molecule has 2 N–H and O–H groups in total. The third-order valence-electron chi connectivity index (χ3n) is 7.94. The van der Waals surface area contributed by atoms with Crippen LogP contribution in [0.2, 0.25) is 0 Å². The first kappa shape index (κ1) is 28.7. The molecule has 2 bridgehead atoms. The van der Waals surface area contributed by atoms with Crippen molar-refractivity contribution >= 4 is 68.2 Å². The third-order valence-corrected chi connectivity index (χ3v) is 10.0. The summed E-state index contributed by atoms with van der Waals surface area (Å²) in [6.45, 7) is 5.00. The molecule has 3 aromatic heterocycles. The Labute approximate surface area is 262 Å². The van der Waals surface area contributed by atoms with Gasteiger partial charge in [-0.15, -0.1) is 0 Å². The van der Waals surface area contributed by atoms with E-state index in [1.54, 1.807) is 43.7 Å². The lowest BCUT2D eigenvalue weighted by Crippen LogP contribution is -2.37. The highest BCUT2D eigenvalue weighted by molar-refractivity contribution is 9.10. The van der Waals surface area contributed by atoms with Crippen LogP contribution in [0.5, 0.6) is 5.75 Å². The molecule has 2 atom stereocenters. The van der Waals surface area contributed by atoms with Gasteiger partial charge in [-0.25, -0.2) is 4.98 Å². The zero-order valence-corrected chi connectivity index (χ0v) is 27.1. The average molecular weight is 677 g/mol. The normalized spacial score (nSPS) is 17.8. The summed E-state index contributed by atoms with van der Waals surface area (Å²) in [5.41, 5.74) is 5.71. The molecule has 12 nitrogen and oxygen atoms in total. The summed E-state index contributed by atoms with van der Waals surface area (Å²) >= 11 is 3.57. The number of morpholine rings is 1. The fourth-order valence-corrected chi connectivity index (χ4v) is 7.67. The number of nitrogens with one attached hydrogen (secondary N) is 2. The number of methoxy groups -OCH3 is 1. The van der Waals surface area contributed by atoms with E-state index < -0.39 is 7.14 Å². The molecule has 2 aromatic carbocycles. The van der Waals surface area contributed by atoms with Crippen molar-refractivity contribution < 1.29 is 14.0 Å². The highest BCUT2D eigenvalue weighted by Crippen LogP contribution is 2.44. The monoisotopic (exact) mass is 675 g/mol. The van der Waals surface area contributed by atoms with Gasteiger partial charge in [0.15, 0.2) is 0 Å². The van der Waals surface area contributed by atoms with E-state index in [2.05, 4.69) is 63.6 Å². The van der Waals surface area contributed by atoms with Crippen molar-refractivity contribution in [2.75, 3.05) is 49.1 Å². The minimum atomic E-state index is -2.76. The molecule has 2 fully saturated rings. The average Bonchev–Trinajstić information content (AvgIpc) is 3.76. The summed E-state index contributed by atoms with van der Waals surface area (Å²) in [4.78, 5) is 20.6. The van der Waals surface area contributed by atoms with Gasteiger partial charge in [0.05, 0.1) is 58.7 Å². The molecule has 2 aliphatic heterocycles. The Bertz CT molecular complexity index is 1950. The number of halogens is 1. The van der Waals surface area contributed by atoms with Crippen molar-refractivity contribution in [1.82, 2.24) is 29.7 Å². The largest absolute Gasteiger partial charge is 0.494 e. The van der Waals surface area contributed by atoms with Crippen LogP contribution in [-0.4, -0.2) is 75.5 Å². The van der Waals surface area contributed by atoms with Gasteiger partial charge in [0, 0.05) is 61.3 Å². The lowest BCUT2D eigenvalue weighted by molar-refractivity contribution is 0.0991. The highest BCUT2D eigenvalue weighted by atomic mass is 79.9. The van der Waals surface area contributed by atoms with E-state index in [1.165, 1.54) is 0 Å². The summed E-state index contributed by atoms with van der Waals surface area (Å²) in [6, 6.07) is 8.15. The van der Waals surface area contributed by atoms with Crippen molar-refractivity contribution in [2.24, 2.45) is 7.05 Å².